The van der Waals surface area contributed by atoms with E-state index in [0.29, 0.717) is 16.4 Å². The molecule has 8 nitrogen and oxygen atoms in total. The lowest BCUT2D eigenvalue weighted by molar-refractivity contribution is -0.141. The monoisotopic (exact) mass is 601 g/mol. The first-order valence-electron chi connectivity index (χ1n) is 12.8. The molecule has 3 aromatic rings. The third kappa shape index (κ3) is 6.32. The minimum absolute atomic E-state index is 0.00542. The SMILES string of the molecule is CCCCNC(=O)C(Cc1ccccc1)N(Cc1c(Cl)cccc1Cl)C(=O)CN1C(=O)c2ccccc2S1(=O)=O. The number of hydrogen-bond acceptors (Lipinski definition) is 5. The fourth-order valence-electron chi connectivity index (χ4n) is 4.51. The van der Waals surface area contributed by atoms with Crippen molar-refractivity contribution in [2.24, 2.45) is 0 Å². The summed E-state index contributed by atoms with van der Waals surface area (Å²) in [6, 6.07) is 18.8. The molecule has 0 spiro atoms. The Bertz CT molecular complexity index is 1490. The van der Waals surface area contributed by atoms with E-state index in [-0.39, 0.29) is 33.5 Å². The van der Waals surface area contributed by atoms with E-state index in [2.05, 4.69) is 5.32 Å². The van der Waals surface area contributed by atoms with Crippen LogP contribution in [0.3, 0.4) is 0 Å². The van der Waals surface area contributed by atoms with E-state index in [0.717, 1.165) is 18.4 Å². The maximum atomic E-state index is 14.0. The highest BCUT2D eigenvalue weighted by molar-refractivity contribution is 7.90. The molecule has 4 rings (SSSR count). The average Bonchev–Trinajstić information content (AvgIpc) is 3.13. The Kier molecular flexibility index (Phi) is 9.50. The molecule has 1 unspecified atom stereocenters. The van der Waals surface area contributed by atoms with Gasteiger partial charge in [-0.05, 0) is 36.2 Å². The number of rotatable bonds is 11. The largest absolute Gasteiger partial charge is 0.354 e. The molecule has 40 heavy (non-hydrogen) atoms. The number of amides is 3. The van der Waals surface area contributed by atoms with Crippen LogP contribution >= 0.6 is 23.2 Å². The van der Waals surface area contributed by atoms with Gasteiger partial charge in [0, 0.05) is 35.1 Å². The number of halogens is 2. The topological polar surface area (TPSA) is 104 Å². The van der Waals surface area contributed by atoms with Crippen LogP contribution in [0.5, 0.6) is 0 Å². The summed E-state index contributed by atoms with van der Waals surface area (Å²) in [5.41, 5.74) is 1.19. The van der Waals surface area contributed by atoms with Crippen LogP contribution in [-0.2, 0) is 32.6 Å². The maximum Gasteiger partial charge on any atom is 0.269 e. The fourth-order valence-corrected chi connectivity index (χ4v) is 6.55. The number of nitrogens with zero attached hydrogens (tertiary/aromatic N) is 2. The maximum absolute atomic E-state index is 14.0. The molecule has 1 aliphatic rings. The summed E-state index contributed by atoms with van der Waals surface area (Å²) in [6.45, 7) is 1.44. The third-order valence-electron chi connectivity index (χ3n) is 6.68. The first kappa shape index (κ1) is 29.6. The van der Waals surface area contributed by atoms with Crippen molar-refractivity contribution in [3.63, 3.8) is 0 Å². The number of sulfonamides is 1. The van der Waals surface area contributed by atoms with Crippen LogP contribution < -0.4 is 5.32 Å². The molecular weight excluding hydrogens is 573 g/mol. The van der Waals surface area contributed by atoms with E-state index in [1.165, 1.54) is 23.1 Å². The van der Waals surface area contributed by atoms with Crippen molar-refractivity contribution in [3.05, 3.63) is 99.5 Å². The average molecular weight is 603 g/mol. The number of benzene rings is 3. The van der Waals surface area contributed by atoms with Crippen molar-refractivity contribution in [3.8, 4) is 0 Å². The molecule has 1 N–H and O–H groups in total. The number of nitrogens with one attached hydrogen (secondary N) is 1. The van der Waals surface area contributed by atoms with Crippen LogP contribution in [0.1, 0.15) is 41.3 Å². The summed E-state index contributed by atoms with van der Waals surface area (Å²) in [6.07, 6.45) is 1.75. The Morgan fingerprint density at radius 2 is 1.60 bits per heavy atom. The first-order valence-corrected chi connectivity index (χ1v) is 15.0. The lowest BCUT2D eigenvalue weighted by Gasteiger charge is -2.33. The molecule has 1 aliphatic heterocycles. The van der Waals surface area contributed by atoms with Crippen molar-refractivity contribution < 1.29 is 22.8 Å². The molecule has 0 aliphatic carbocycles. The first-order chi connectivity index (χ1) is 19.1. The van der Waals surface area contributed by atoms with Crippen molar-refractivity contribution in [2.75, 3.05) is 13.1 Å². The van der Waals surface area contributed by atoms with E-state index in [4.69, 9.17) is 23.2 Å². The lowest BCUT2D eigenvalue weighted by atomic mass is 10.0. The van der Waals surface area contributed by atoms with Gasteiger partial charge in [-0.2, -0.15) is 0 Å². The smallest absolute Gasteiger partial charge is 0.269 e. The Balaban J connectivity index is 1.73. The predicted octanol–water partition coefficient (Wildman–Crippen LogP) is 4.69. The Morgan fingerprint density at radius 3 is 2.25 bits per heavy atom. The number of carbonyl (C=O) groups is 3. The minimum atomic E-state index is -4.25. The molecule has 11 heteroatoms. The summed E-state index contributed by atoms with van der Waals surface area (Å²) in [5, 5.41) is 3.46. The zero-order valence-corrected chi connectivity index (χ0v) is 24.2. The molecule has 1 atom stereocenters. The Morgan fingerprint density at radius 1 is 0.950 bits per heavy atom. The van der Waals surface area contributed by atoms with E-state index < -0.39 is 40.3 Å². The minimum Gasteiger partial charge on any atom is -0.354 e. The van der Waals surface area contributed by atoms with Crippen LogP contribution in [0.4, 0.5) is 0 Å². The molecule has 3 aromatic carbocycles. The van der Waals surface area contributed by atoms with Gasteiger partial charge >= 0.3 is 0 Å². The van der Waals surface area contributed by atoms with Crippen LogP contribution in [0, 0.1) is 0 Å². The summed E-state index contributed by atoms with van der Waals surface area (Å²) in [5.74, 6) is -1.95. The Labute approximate surface area is 243 Å². The molecule has 0 radical (unpaired) electrons. The van der Waals surface area contributed by atoms with Gasteiger partial charge in [0.25, 0.3) is 15.9 Å². The van der Waals surface area contributed by atoms with E-state index in [9.17, 15) is 22.8 Å². The van der Waals surface area contributed by atoms with Gasteiger partial charge in [-0.1, -0.05) is 85.1 Å². The Hall–Kier alpha value is -3.40. The molecule has 0 fully saturated rings. The standard InChI is InChI=1S/C29H29Cl2N3O5S/c1-2-3-16-32-28(36)25(17-20-10-5-4-6-11-20)33(18-22-23(30)13-9-14-24(22)31)27(35)19-34-29(37)21-12-7-8-15-26(21)40(34,38)39/h4-15,25H,2-3,16-19H2,1H3,(H,32,36). The summed E-state index contributed by atoms with van der Waals surface area (Å²) in [7, 11) is -4.25. The fraction of sp³-hybridized carbons (Fsp3) is 0.276. The van der Waals surface area contributed by atoms with Crippen LogP contribution in [0.2, 0.25) is 10.0 Å². The summed E-state index contributed by atoms with van der Waals surface area (Å²) in [4.78, 5) is 41.7. The second-order valence-electron chi connectivity index (χ2n) is 9.38. The summed E-state index contributed by atoms with van der Waals surface area (Å²) >= 11 is 12.9. The quantitative estimate of drug-likeness (QED) is 0.321. The van der Waals surface area contributed by atoms with E-state index in [1.54, 1.807) is 24.3 Å². The van der Waals surface area contributed by atoms with Gasteiger partial charge in [0.05, 0.1) is 5.56 Å². The molecule has 210 valence electrons. The molecule has 1 heterocycles. The van der Waals surface area contributed by atoms with Crippen molar-refractivity contribution >= 4 is 50.9 Å². The molecular formula is C29H29Cl2N3O5S. The van der Waals surface area contributed by atoms with Gasteiger partial charge in [0.2, 0.25) is 11.8 Å². The van der Waals surface area contributed by atoms with Gasteiger partial charge in [-0.15, -0.1) is 0 Å². The molecule has 0 bridgehead atoms. The van der Waals surface area contributed by atoms with Crippen LogP contribution in [0.15, 0.2) is 77.7 Å². The number of carbonyl (C=O) groups excluding carboxylic acids is 3. The number of fused-ring (bicyclic) bond motifs is 1. The molecule has 3 amide bonds. The normalized spacial score (nSPS) is 14.5. The molecule has 0 saturated carbocycles. The highest BCUT2D eigenvalue weighted by atomic mass is 35.5. The number of hydrogen-bond donors (Lipinski definition) is 1. The predicted molar refractivity (Wildman–Crippen MR) is 154 cm³/mol. The van der Waals surface area contributed by atoms with Gasteiger partial charge < -0.3 is 10.2 Å². The lowest BCUT2D eigenvalue weighted by Crippen LogP contribution is -2.53. The van der Waals surface area contributed by atoms with Crippen molar-refractivity contribution in [1.29, 1.82) is 0 Å². The zero-order valence-electron chi connectivity index (χ0n) is 21.8. The van der Waals surface area contributed by atoms with Crippen LogP contribution in [-0.4, -0.2) is 54.5 Å². The van der Waals surface area contributed by atoms with Gasteiger partial charge in [-0.3, -0.25) is 14.4 Å². The second-order valence-corrected chi connectivity index (χ2v) is 12.0. The zero-order chi connectivity index (χ0) is 28.9. The van der Waals surface area contributed by atoms with Crippen molar-refractivity contribution in [2.45, 2.75) is 43.7 Å². The molecule has 0 aromatic heterocycles. The van der Waals surface area contributed by atoms with Crippen LogP contribution in [0.25, 0.3) is 0 Å². The van der Waals surface area contributed by atoms with E-state index >= 15 is 0 Å². The third-order valence-corrected chi connectivity index (χ3v) is 9.18. The highest BCUT2D eigenvalue weighted by Crippen LogP contribution is 2.31. The molecule has 0 saturated heterocycles. The van der Waals surface area contributed by atoms with Gasteiger partial charge in [0.15, 0.2) is 0 Å². The van der Waals surface area contributed by atoms with Gasteiger partial charge in [-0.25, -0.2) is 12.7 Å². The summed E-state index contributed by atoms with van der Waals surface area (Å²) < 4.78 is 27.0. The second kappa shape index (κ2) is 12.8. The van der Waals surface area contributed by atoms with Crippen molar-refractivity contribution in [1.82, 2.24) is 14.5 Å². The highest BCUT2D eigenvalue weighted by Gasteiger charge is 2.43. The van der Waals surface area contributed by atoms with Gasteiger partial charge in [0.1, 0.15) is 17.5 Å². The number of unbranched alkanes of at least 4 members (excludes halogenated alkanes) is 1. The van der Waals surface area contributed by atoms with E-state index in [1.807, 2.05) is 37.3 Å².